The van der Waals surface area contributed by atoms with E-state index in [9.17, 15) is 4.39 Å². The molecule has 0 amide bonds. The molecule has 1 saturated heterocycles. The van der Waals surface area contributed by atoms with E-state index in [1.807, 2.05) is 6.07 Å². The first-order valence-corrected chi connectivity index (χ1v) is 15.1. The van der Waals surface area contributed by atoms with Gasteiger partial charge < -0.3 is 9.47 Å². The number of hydrogen-bond donors (Lipinski definition) is 0. The number of aryl methyl sites for hydroxylation is 1. The lowest BCUT2D eigenvalue weighted by Gasteiger charge is -2.29. The fourth-order valence-electron chi connectivity index (χ4n) is 5.44. The molecule has 5 heteroatoms. The predicted octanol–water partition coefficient (Wildman–Crippen LogP) is 10.4. The number of ether oxygens (including phenoxy) is 2. The zero-order valence-electron chi connectivity index (χ0n) is 24.0. The third kappa shape index (κ3) is 7.98. The predicted molar refractivity (Wildman–Crippen MR) is 157 cm³/mol. The van der Waals surface area contributed by atoms with E-state index in [0.717, 1.165) is 37.7 Å². The van der Waals surface area contributed by atoms with Crippen molar-refractivity contribution in [3.8, 4) is 22.3 Å². The molecule has 40 heavy (non-hydrogen) atoms. The standard InChI is InChI=1S/C35H43F3O2/c1-3-5-6-7-8-9-10-11-13-27-18-21-31(35(38)34(27)37)26-16-14-25(15-17-26)30-20-19-28(22-32(30)36)29-23-39-33(12-4-2)40-24-29/h14-22,29,33H,3-13,23-24H2,1-2H3. The number of hydrogen-bond acceptors (Lipinski definition) is 2. The third-order valence-corrected chi connectivity index (χ3v) is 7.92. The smallest absolute Gasteiger partial charge is 0.166 e. The van der Waals surface area contributed by atoms with E-state index in [1.54, 1.807) is 48.5 Å². The number of benzene rings is 3. The molecule has 0 saturated carbocycles. The zero-order valence-corrected chi connectivity index (χ0v) is 24.0. The summed E-state index contributed by atoms with van der Waals surface area (Å²) in [6.45, 7) is 5.32. The van der Waals surface area contributed by atoms with Crippen LogP contribution < -0.4 is 0 Å². The molecule has 4 rings (SSSR count). The summed E-state index contributed by atoms with van der Waals surface area (Å²) >= 11 is 0. The highest BCUT2D eigenvalue weighted by molar-refractivity contribution is 5.71. The van der Waals surface area contributed by atoms with Crippen molar-refractivity contribution in [3.05, 3.63) is 83.2 Å². The molecule has 0 aliphatic carbocycles. The van der Waals surface area contributed by atoms with Crippen LogP contribution in [-0.2, 0) is 15.9 Å². The second-order valence-corrected chi connectivity index (χ2v) is 11.0. The van der Waals surface area contributed by atoms with Crippen molar-refractivity contribution in [2.24, 2.45) is 0 Å². The van der Waals surface area contributed by atoms with Gasteiger partial charge in [0.25, 0.3) is 0 Å². The van der Waals surface area contributed by atoms with Crippen LogP contribution in [0.25, 0.3) is 22.3 Å². The third-order valence-electron chi connectivity index (χ3n) is 7.92. The van der Waals surface area contributed by atoms with Gasteiger partial charge in [-0.15, -0.1) is 0 Å². The van der Waals surface area contributed by atoms with Crippen LogP contribution in [0, 0.1) is 17.5 Å². The van der Waals surface area contributed by atoms with Crippen LogP contribution >= 0.6 is 0 Å². The van der Waals surface area contributed by atoms with Crippen LogP contribution in [0.2, 0.25) is 0 Å². The van der Waals surface area contributed by atoms with Crippen LogP contribution in [0.3, 0.4) is 0 Å². The average molecular weight is 553 g/mol. The Hall–Kier alpha value is -2.63. The van der Waals surface area contributed by atoms with E-state index in [2.05, 4.69) is 13.8 Å². The lowest BCUT2D eigenvalue weighted by molar-refractivity contribution is -0.189. The Kier molecular flexibility index (Phi) is 11.7. The van der Waals surface area contributed by atoms with Crippen molar-refractivity contribution in [2.45, 2.75) is 96.7 Å². The first-order valence-electron chi connectivity index (χ1n) is 15.1. The van der Waals surface area contributed by atoms with E-state index in [0.29, 0.717) is 41.9 Å². The van der Waals surface area contributed by atoms with Crippen molar-refractivity contribution < 1.29 is 22.6 Å². The van der Waals surface area contributed by atoms with Crippen LogP contribution in [0.15, 0.2) is 54.6 Å². The highest BCUT2D eigenvalue weighted by atomic mass is 19.2. The molecule has 0 aromatic heterocycles. The zero-order chi connectivity index (χ0) is 28.3. The molecule has 0 atom stereocenters. The first kappa shape index (κ1) is 30.3. The summed E-state index contributed by atoms with van der Waals surface area (Å²) in [7, 11) is 0. The lowest BCUT2D eigenvalue weighted by atomic mass is 9.94. The SMILES string of the molecule is CCCCCCCCCCc1ccc(-c2ccc(-c3ccc(C4COC(CCC)OC4)cc3F)cc2)c(F)c1F. The van der Waals surface area contributed by atoms with Gasteiger partial charge in [-0.2, -0.15) is 0 Å². The Morgan fingerprint density at radius 3 is 1.88 bits per heavy atom. The second kappa shape index (κ2) is 15.4. The quantitative estimate of drug-likeness (QED) is 0.185. The summed E-state index contributed by atoms with van der Waals surface area (Å²) in [4.78, 5) is 0. The normalized spacial score (nSPS) is 17.3. The Labute approximate surface area is 237 Å². The van der Waals surface area contributed by atoms with E-state index >= 15 is 8.78 Å². The Bertz CT molecular complexity index is 1200. The van der Waals surface area contributed by atoms with Crippen LogP contribution in [0.5, 0.6) is 0 Å². The highest BCUT2D eigenvalue weighted by Crippen LogP contribution is 2.32. The Morgan fingerprint density at radius 2 is 1.25 bits per heavy atom. The van der Waals surface area contributed by atoms with Gasteiger partial charge in [-0.1, -0.05) is 114 Å². The minimum atomic E-state index is -0.821. The molecular formula is C35H43F3O2. The Balaban J connectivity index is 1.35. The van der Waals surface area contributed by atoms with Gasteiger partial charge in [0.05, 0.1) is 13.2 Å². The number of halogens is 3. The highest BCUT2D eigenvalue weighted by Gasteiger charge is 2.24. The van der Waals surface area contributed by atoms with Gasteiger partial charge >= 0.3 is 0 Å². The van der Waals surface area contributed by atoms with Gasteiger partial charge in [0.2, 0.25) is 0 Å². The minimum Gasteiger partial charge on any atom is -0.352 e. The minimum absolute atomic E-state index is 0.00424. The number of rotatable bonds is 14. The molecule has 1 heterocycles. The summed E-state index contributed by atoms with van der Waals surface area (Å²) < 4.78 is 56.5. The summed E-state index contributed by atoms with van der Waals surface area (Å²) in [6, 6.07) is 15.5. The van der Waals surface area contributed by atoms with Gasteiger partial charge in [-0.05, 0) is 47.6 Å². The van der Waals surface area contributed by atoms with Gasteiger partial charge in [-0.3, -0.25) is 0 Å². The van der Waals surface area contributed by atoms with E-state index in [1.165, 1.54) is 32.1 Å². The van der Waals surface area contributed by atoms with Crippen LogP contribution in [-0.4, -0.2) is 19.5 Å². The summed E-state index contributed by atoms with van der Waals surface area (Å²) in [5.74, 6) is -1.92. The molecule has 1 aliphatic rings. The molecule has 0 spiro atoms. The fraction of sp³-hybridized carbons (Fsp3) is 0.486. The maximum Gasteiger partial charge on any atom is 0.166 e. The molecule has 0 N–H and O–H groups in total. The van der Waals surface area contributed by atoms with Gasteiger partial charge in [0.15, 0.2) is 17.9 Å². The van der Waals surface area contributed by atoms with Crippen molar-refractivity contribution in [1.82, 2.24) is 0 Å². The van der Waals surface area contributed by atoms with E-state index in [4.69, 9.17) is 9.47 Å². The van der Waals surface area contributed by atoms with Gasteiger partial charge in [0, 0.05) is 17.0 Å². The molecule has 0 bridgehead atoms. The van der Waals surface area contributed by atoms with Crippen LogP contribution in [0.1, 0.15) is 95.1 Å². The first-order chi connectivity index (χ1) is 19.5. The molecule has 216 valence electrons. The Morgan fingerprint density at radius 1 is 0.650 bits per heavy atom. The van der Waals surface area contributed by atoms with Crippen molar-refractivity contribution >= 4 is 0 Å². The topological polar surface area (TPSA) is 18.5 Å². The fourth-order valence-corrected chi connectivity index (χ4v) is 5.44. The molecule has 0 radical (unpaired) electrons. The monoisotopic (exact) mass is 552 g/mol. The van der Waals surface area contributed by atoms with E-state index < -0.39 is 11.6 Å². The summed E-state index contributed by atoms with van der Waals surface area (Å²) in [5, 5.41) is 0. The van der Waals surface area contributed by atoms with Crippen LogP contribution in [0.4, 0.5) is 13.2 Å². The molecule has 3 aromatic carbocycles. The van der Waals surface area contributed by atoms with E-state index in [-0.39, 0.29) is 23.6 Å². The van der Waals surface area contributed by atoms with Crippen molar-refractivity contribution in [3.63, 3.8) is 0 Å². The van der Waals surface area contributed by atoms with Gasteiger partial charge in [-0.25, -0.2) is 13.2 Å². The lowest BCUT2D eigenvalue weighted by Crippen LogP contribution is -2.30. The average Bonchev–Trinajstić information content (AvgIpc) is 2.97. The van der Waals surface area contributed by atoms with Crippen molar-refractivity contribution in [2.75, 3.05) is 13.2 Å². The largest absolute Gasteiger partial charge is 0.352 e. The molecule has 2 nitrogen and oxygen atoms in total. The number of unbranched alkanes of at least 4 members (excludes halogenated alkanes) is 7. The van der Waals surface area contributed by atoms with Gasteiger partial charge in [0.1, 0.15) is 5.82 Å². The summed E-state index contributed by atoms with van der Waals surface area (Å²) in [5.41, 5.74) is 3.20. The maximum atomic E-state index is 15.1. The molecule has 0 unspecified atom stereocenters. The molecular weight excluding hydrogens is 509 g/mol. The van der Waals surface area contributed by atoms with Crippen molar-refractivity contribution in [1.29, 1.82) is 0 Å². The summed E-state index contributed by atoms with van der Waals surface area (Å²) in [6.07, 6.45) is 11.5. The second-order valence-electron chi connectivity index (χ2n) is 11.0. The maximum absolute atomic E-state index is 15.1. The molecule has 3 aromatic rings. The molecule has 1 aliphatic heterocycles. The molecule has 1 fully saturated rings.